The number of hydrogen-bond acceptors (Lipinski definition) is 3. The minimum atomic E-state index is -4.30. The van der Waals surface area contributed by atoms with Gasteiger partial charge in [-0.2, -0.15) is 13.2 Å². The Balaban J connectivity index is 1.54. The Hall–Kier alpha value is -1.86. The number of nitrogens with zero attached hydrogens (tertiary/aromatic N) is 2. The van der Waals surface area contributed by atoms with E-state index in [1.165, 1.54) is 23.5 Å². The first-order chi connectivity index (χ1) is 12.2. The molecule has 0 saturated carbocycles. The van der Waals surface area contributed by atoms with Crippen LogP contribution in [0.4, 0.5) is 13.2 Å². The number of carbonyl (C=O) groups is 1. The average molecular weight is 382 g/mol. The van der Waals surface area contributed by atoms with Crippen molar-refractivity contribution in [1.82, 2.24) is 9.80 Å². The number of piperazine rings is 1. The van der Waals surface area contributed by atoms with Crippen LogP contribution in [-0.4, -0.2) is 41.9 Å². The molecule has 7 heteroatoms. The first-order valence-electron chi connectivity index (χ1n) is 8.49. The lowest BCUT2D eigenvalue weighted by Gasteiger charge is -2.34. The Kier molecular flexibility index (Phi) is 5.39. The lowest BCUT2D eigenvalue weighted by Crippen LogP contribution is -2.48. The molecular formula is C19H21F3N2OS. The molecule has 3 rings (SSSR count). The quantitative estimate of drug-likeness (QED) is 0.788. The molecule has 1 amide bonds. The molecular weight excluding hydrogens is 361 g/mol. The van der Waals surface area contributed by atoms with Crippen LogP contribution in [0.1, 0.15) is 31.2 Å². The van der Waals surface area contributed by atoms with Gasteiger partial charge in [-0.1, -0.05) is 12.1 Å². The van der Waals surface area contributed by atoms with Crippen molar-refractivity contribution >= 4 is 17.2 Å². The standard InChI is InChI=1S/C19H21F3N2OS/c1-13-11-17(26-14(13)2)18(25)24-9-7-23(8-10-24)12-15-3-5-16(6-4-15)19(20,21)22/h3-6,11H,7-10,12H2,1-2H3. The normalized spacial score (nSPS) is 16.1. The van der Waals surface area contributed by atoms with Crippen molar-refractivity contribution < 1.29 is 18.0 Å². The van der Waals surface area contributed by atoms with Gasteiger partial charge in [0.05, 0.1) is 10.4 Å². The zero-order valence-corrected chi connectivity index (χ0v) is 15.6. The van der Waals surface area contributed by atoms with E-state index >= 15 is 0 Å². The van der Waals surface area contributed by atoms with Gasteiger partial charge in [0, 0.05) is 37.6 Å². The highest BCUT2D eigenvalue weighted by atomic mass is 32.1. The third-order valence-electron chi connectivity index (χ3n) is 4.72. The summed E-state index contributed by atoms with van der Waals surface area (Å²) in [7, 11) is 0. The van der Waals surface area contributed by atoms with Gasteiger partial charge in [0.1, 0.15) is 0 Å². The summed E-state index contributed by atoms with van der Waals surface area (Å²) in [6.45, 7) is 7.32. The topological polar surface area (TPSA) is 23.6 Å². The number of alkyl halides is 3. The molecule has 0 atom stereocenters. The van der Waals surface area contributed by atoms with E-state index in [4.69, 9.17) is 0 Å². The Morgan fingerprint density at radius 3 is 2.19 bits per heavy atom. The van der Waals surface area contributed by atoms with Gasteiger partial charge < -0.3 is 4.90 Å². The molecule has 0 aliphatic carbocycles. The Morgan fingerprint density at radius 2 is 1.69 bits per heavy atom. The Bertz CT molecular complexity index is 756. The second-order valence-electron chi connectivity index (χ2n) is 6.61. The number of aryl methyl sites for hydroxylation is 2. The summed E-state index contributed by atoms with van der Waals surface area (Å²) in [5, 5.41) is 0. The molecule has 0 unspecified atom stereocenters. The van der Waals surface area contributed by atoms with Crippen molar-refractivity contribution in [3.63, 3.8) is 0 Å². The molecule has 140 valence electrons. The van der Waals surface area contributed by atoms with Gasteiger partial charge in [-0.25, -0.2) is 0 Å². The van der Waals surface area contributed by atoms with Gasteiger partial charge in [-0.05, 0) is 43.2 Å². The van der Waals surface area contributed by atoms with Gasteiger partial charge in [0.25, 0.3) is 5.91 Å². The van der Waals surface area contributed by atoms with Crippen molar-refractivity contribution in [3.8, 4) is 0 Å². The summed E-state index contributed by atoms with van der Waals surface area (Å²) in [5.74, 6) is 0.0698. The van der Waals surface area contributed by atoms with Crippen molar-refractivity contribution in [2.45, 2.75) is 26.6 Å². The van der Waals surface area contributed by atoms with E-state index < -0.39 is 11.7 Å². The second kappa shape index (κ2) is 7.40. The lowest BCUT2D eigenvalue weighted by molar-refractivity contribution is -0.137. The maximum absolute atomic E-state index is 12.6. The average Bonchev–Trinajstić information content (AvgIpc) is 2.94. The molecule has 2 aromatic rings. The number of hydrogen-bond donors (Lipinski definition) is 0. The van der Waals surface area contributed by atoms with Crippen LogP contribution in [0.5, 0.6) is 0 Å². The predicted octanol–water partition coefficient (Wildman–Crippen LogP) is 4.34. The second-order valence-corrected chi connectivity index (χ2v) is 7.87. The zero-order chi connectivity index (χ0) is 18.9. The summed E-state index contributed by atoms with van der Waals surface area (Å²) in [4.78, 5) is 18.5. The fraction of sp³-hybridized carbons (Fsp3) is 0.421. The predicted molar refractivity (Wildman–Crippen MR) is 96.4 cm³/mol. The van der Waals surface area contributed by atoms with Crippen LogP contribution < -0.4 is 0 Å². The first-order valence-corrected chi connectivity index (χ1v) is 9.30. The molecule has 0 bridgehead atoms. The Morgan fingerprint density at radius 1 is 1.08 bits per heavy atom. The third kappa shape index (κ3) is 4.27. The molecule has 1 aliphatic rings. The fourth-order valence-electron chi connectivity index (χ4n) is 3.00. The molecule has 1 aliphatic heterocycles. The highest BCUT2D eigenvalue weighted by Crippen LogP contribution is 2.29. The van der Waals surface area contributed by atoms with Crippen LogP contribution in [0.15, 0.2) is 30.3 Å². The van der Waals surface area contributed by atoms with Crippen molar-refractivity contribution in [2.75, 3.05) is 26.2 Å². The van der Waals surface area contributed by atoms with Crippen molar-refractivity contribution in [2.24, 2.45) is 0 Å². The monoisotopic (exact) mass is 382 g/mol. The van der Waals surface area contributed by atoms with Gasteiger partial charge >= 0.3 is 6.18 Å². The number of rotatable bonds is 3. The van der Waals surface area contributed by atoms with E-state index in [0.717, 1.165) is 46.1 Å². The summed E-state index contributed by atoms with van der Waals surface area (Å²) in [5.41, 5.74) is 1.36. The third-order valence-corrected chi connectivity index (χ3v) is 5.86. The van der Waals surface area contributed by atoms with Crippen LogP contribution in [-0.2, 0) is 12.7 Å². The number of halogens is 3. The molecule has 1 saturated heterocycles. The molecule has 0 radical (unpaired) electrons. The fourth-order valence-corrected chi connectivity index (χ4v) is 4.00. The van der Waals surface area contributed by atoms with Crippen LogP contribution in [0.2, 0.25) is 0 Å². The smallest absolute Gasteiger partial charge is 0.335 e. The maximum Gasteiger partial charge on any atom is 0.416 e. The highest BCUT2D eigenvalue weighted by molar-refractivity contribution is 7.14. The molecule has 1 aromatic heterocycles. The summed E-state index contributed by atoms with van der Waals surface area (Å²) in [6.07, 6.45) is -4.30. The molecule has 1 aromatic carbocycles. The first kappa shape index (κ1) is 18.9. The highest BCUT2D eigenvalue weighted by Gasteiger charge is 2.30. The van der Waals surface area contributed by atoms with Crippen LogP contribution in [0.3, 0.4) is 0 Å². The zero-order valence-electron chi connectivity index (χ0n) is 14.8. The minimum absolute atomic E-state index is 0.0698. The van der Waals surface area contributed by atoms with Crippen LogP contribution in [0.25, 0.3) is 0 Å². The number of amides is 1. The number of thiophene rings is 1. The molecule has 0 N–H and O–H groups in total. The summed E-state index contributed by atoms with van der Waals surface area (Å²) >= 11 is 1.53. The molecule has 2 heterocycles. The summed E-state index contributed by atoms with van der Waals surface area (Å²) < 4.78 is 37.8. The lowest BCUT2D eigenvalue weighted by atomic mass is 10.1. The van der Waals surface area contributed by atoms with Crippen molar-refractivity contribution in [1.29, 1.82) is 0 Å². The van der Waals surface area contributed by atoms with E-state index in [-0.39, 0.29) is 5.91 Å². The van der Waals surface area contributed by atoms with Gasteiger partial charge in [0.2, 0.25) is 0 Å². The van der Waals surface area contributed by atoms with E-state index in [0.29, 0.717) is 19.6 Å². The molecule has 1 fully saturated rings. The maximum atomic E-state index is 12.6. The van der Waals surface area contributed by atoms with E-state index in [1.807, 2.05) is 24.8 Å². The largest absolute Gasteiger partial charge is 0.416 e. The van der Waals surface area contributed by atoms with Gasteiger partial charge in [0.15, 0.2) is 0 Å². The van der Waals surface area contributed by atoms with Gasteiger partial charge in [-0.3, -0.25) is 9.69 Å². The van der Waals surface area contributed by atoms with E-state index in [2.05, 4.69) is 4.90 Å². The molecule has 3 nitrogen and oxygen atoms in total. The summed E-state index contributed by atoms with van der Waals surface area (Å²) in [6, 6.07) is 7.24. The number of benzene rings is 1. The van der Waals surface area contributed by atoms with E-state index in [1.54, 1.807) is 0 Å². The SMILES string of the molecule is Cc1cc(C(=O)N2CCN(Cc3ccc(C(F)(F)F)cc3)CC2)sc1C. The van der Waals surface area contributed by atoms with Crippen molar-refractivity contribution in [3.05, 3.63) is 56.8 Å². The van der Waals surface area contributed by atoms with Gasteiger partial charge in [-0.15, -0.1) is 11.3 Å². The number of carbonyl (C=O) groups excluding carboxylic acids is 1. The van der Waals surface area contributed by atoms with Crippen LogP contribution >= 0.6 is 11.3 Å². The molecule has 0 spiro atoms. The van der Waals surface area contributed by atoms with E-state index in [9.17, 15) is 18.0 Å². The minimum Gasteiger partial charge on any atom is -0.335 e. The Labute approximate surface area is 155 Å². The van der Waals surface area contributed by atoms with Crippen LogP contribution in [0, 0.1) is 13.8 Å². The molecule has 26 heavy (non-hydrogen) atoms.